The van der Waals surface area contributed by atoms with Crippen molar-refractivity contribution in [2.24, 2.45) is 11.8 Å². The van der Waals surface area contributed by atoms with Gasteiger partial charge in [0.15, 0.2) is 0 Å². The van der Waals surface area contributed by atoms with Crippen LogP contribution in [-0.2, 0) is 0 Å². The second-order valence-corrected chi connectivity index (χ2v) is 4.41. The molecule has 0 aromatic heterocycles. The molecule has 0 unspecified atom stereocenters. The van der Waals surface area contributed by atoms with E-state index in [0.29, 0.717) is 0 Å². The second-order valence-electron chi connectivity index (χ2n) is 4.41. The summed E-state index contributed by atoms with van der Waals surface area (Å²) in [6.45, 7) is 12.9. The smallest absolute Gasteiger partial charge is 0.0417 e. The zero-order valence-corrected chi connectivity index (χ0v) is 12.1. The molecule has 0 amide bonds. The van der Waals surface area contributed by atoms with Gasteiger partial charge in [-0.15, -0.1) is 0 Å². The summed E-state index contributed by atoms with van der Waals surface area (Å²) >= 11 is 0. The molecule has 1 saturated carbocycles. The molecular weight excluding hydrogens is 180 g/mol. The van der Waals surface area contributed by atoms with Gasteiger partial charge in [0, 0.05) is 0 Å². The fourth-order valence-electron chi connectivity index (χ4n) is 2.05. The van der Waals surface area contributed by atoms with Crippen LogP contribution < -0.4 is 0 Å². The van der Waals surface area contributed by atoms with Crippen molar-refractivity contribution in [3.63, 3.8) is 0 Å². The summed E-state index contributed by atoms with van der Waals surface area (Å²) in [5, 5.41) is 0. The minimum Gasteiger partial charge on any atom is -0.0683 e. The van der Waals surface area contributed by atoms with E-state index in [0.717, 1.165) is 11.8 Å². The van der Waals surface area contributed by atoms with E-state index in [9.17, 15) is 0 Å². The molecule has 15 heavy (non-hydrogen) atoms. The van der Waals surface area contributed by atoms with Crippen LogP contribution in [0.15, 0.2) is 0 Å². The lowest BCUT2D eigenvalue weighted by Gasteiger charge is -2.26. The van der Waals surface area contributed by atoms with E-state index in [1.165, 1.54) is 44.9 Å². The topological polar surface area (TPSA) is 0 Å². The molecule has 0 heteroatoms. The molecule has 0 heterocycles. The third-order valence-corrected chi connectivity index (χ3v) is 3.12. The molecular formula is C15H34. The van der Waals surface area contributed by atoms with Crippen molar-refractivity contribution in [2.75, 3.05) is 0 Å². The maximum absolute atomic E-state index is 2.33. The molecule has 0 aliphatic heterocycles. The van der Waals surface area contributed by atoms with Crippen LogP contribution in [0.2, 0.25) is 0 Å². The molecule has 1 aliphatic rings. The first-order valence-electron chi connectivity index (χ1n) is 7.28. The van der Waals surface area contributed by atoms with Gasteiger partial charge in [0.25, 0.3) is 0 Å². The van der Waals surface area contributed by atoms with Gasteiger partial charge in [0.1, 0.15) is 0 Å². The van der Waals surface area contributed by atoms with Crippen molar-refractivity contribution in [2.45, 2.75) is 86.5 Å². The van der Waals surface area contributed by atoms with Crippen LogP contribution in [0, 0.1) is 11.8 Å². The summed E-state index contributed by atoms with van der Waals surface area (Å²) in [6, 6.07) is 0. The van der Waals surface area contributed by atoms with E-state index in [-0.39, 0.29) is 0 Å². The van der Waals surface area contributed by atoms with Gasteiger partial charge in [0.05, 0.1) is 0 Å². The van der Waals surface area contributed by atoms with Crippen LogP contribution in [0.1, 0.15) is 86.5 Å². The Bertz CT molecular complexity index is 76.2. The van der Waals surface area contributed by atoms with E-state index in [1.807, 2.05) is 13.8 Å². The van der Waals surface area contributed by atoms with E-state index in [4.69, 9.17) is 0 Å². The fourth-order valence-corrected chi connectivity index (χ4v) is 2.05. The summed E-state index contributed by atoms with van der Waals surface area (Å²) in [7, 11) is 0. The van der Waals surface area contributed by atoms with Crippen molar-refractivity contribution in [3.8, 4) is 0 Å². The molecule has 1 rings (SSSR count). The van der Waals surface area contributed by atoms with Crippen molar-refractivity contribution in [3.05, 3.63) is 0 Å². The molecule has 0 radical (unpaired) electrons. The third-order valence-electron chi connectivity index (χ3n) is 3.12. The third kappa shape index (κ3) is 10.3. The Morgan fingerprint density at radius 2 is 0.867 bits per heavy atom. The summed E-state index contributed by atoms with van der Waals surface area (Å²) in [5.74, 6) is 2.14. The highest BCUT2D eigenvalue weighted by atomic mass is 14.2. The Balaban J connectivity index is 0. The summed E-state index contributed by atoms with van der Waals surface area (Å²) in [4.78, 5) is 0. The van der Waals surface area contributed by atoms with Crippen molar-refractivity contribution < 1.29 is 0 Å². The first kappa shape index (κ1) is 17.4. The zero-order chi connectivity index (χ0) is 12.1. The lowest BCUT2D eigenvalue weighted by atomic mass is 9.80. The highest BCUT2D eigenvalue weighted by molar-refractivity contribution is 4.70. The predicted octanol–water partition coefficient (Wildman–Crippen LogP) is 6.06. The van der Waals surface area contributed by atoms with Crippen molar-refractivity contribution >= 4 is 0 Å². The summed E-state index contributed by atoms with van der Waals surface area (Å²) in [6.07, 6.45) is 10.1. The molecule has 1 aliphatic carbocycles. The van der Waals surface area contributed by atoms with Crippen LogP contribution in [0.4, 0.5) is 0 Å². The number of hydrogen-bond acceptors (Lipinski definition) is 0. The van der Waals surface area contributed by atoms with Crippen LogP contribution in [0.5, 0.6) is 0 Å². The van der Waals surface area contributed by atoms with Crippen LogP contribution in [0.25, 0.3) is 0 Å². The minimum absolute atomic E-state index is 1.07. The number of rotatable bonds is 2. The van der Waals surface area contributed by atoms with Crippen LogP contribution in [0.3, 0.4) is 0 Å². The van der Waals surface area contributed by atoms with Gasteiger partial charge in [-0.05, 0) is 11.8 Å². The average Bonchev–Trinajstić information content (AvgIpc) is 2.33. The van der Waals surface area contributed by atoms with Gasteiger partial charge in [-0.1, -0.05) is 86.5 Å². The Hall–Kier alpha value is 0. The second kappa shape index (κ2) is 14.0. The predicted molar refractivity (Wildman–Crippen MR) is 73.3 cm³/mol. The van der Waals surface area contributed by atoms with Crippen LogP contribution >= 0.6 is 0 Å². The van der Waals surface area contributed by atoms with E-state index in [2.05, 4.69) is 27.7 Å². The lowest BCUT2D eigenvalue weighted by molar-refractivity contribution is 0.264. The molecule has 0 N–H and O–H groups in total. The molecule has 0 saturated heterocycles. The minimum atomic E-state index is 1.07. The Kier molecular flexibility index (Phi) is 16.2. The Morgan fingerprint density at radius 1 is 0.667 bits per heavy atom. The average molecular weight is 214 g/mol. The van der Waals surface area contributed by atoms with E-state index >= 15 is 0 Å². The molecule has 94 valence electrons. The highest BCUT2D eigenvalue weighted by Crippen LogP contribution is 2.31. The Morgan fingerprint density at radius 3 is 1.00 bits per heavy atom. The van der Waals surface area contributed by atoms with Gasteiger partial charge in [-0.2, -0.15) is 0 Å². The SMILES string of the molecule is CC.CCC.CCC1CCC(CC)CC1. The molecule has 0 spiro atoms. The molecule has 0 aromatic carbocycles. The van der Waals surface area contributed by atoms with Crippen LogP contribution in [-0.4, -0.2) is 0 Å². The molecule has 0 bridgehead atoms. The first-order chi connectivity index (χ1) is 7.28. The first-order valence-corrected chi connectivity index (χ1v) is 7.28. The quantitative estimate of drug-likeness (QED) is 0.524. The van der Waals surface area contributed by atoms with Gasteiger partial charge < -0.3 is 0 Å². The van der Waals surface area contributed by atoms with Gasteiger partial charge >= 0.3 is 0 Å². The van der Waals surface area contributed by atoms with E-state index in [1.54, 1.807) is 0 Å². The standard InChI is InChI=1S/C10H20.C3H8.C2H6/c1-3-9-5-7-10(4-2)8-6-9;1-3-2;1-2/h9-10H,3-8H2,1-2H3;3H2,1-2H3;1-2H3. The highest BCUT2D eigenvalue weighted by Gasteiger charge is 2.17. The Labute approximate surface area is 98.9 Å². The van der Waals surface area contributed by atoms with E-state index < -0.39 is 0 Å². The normalized spacial score (nSPS) is 24.4. The van der Waals surface area contributed by atoms with Gasteiger partial charge in [-0.25, -0.2) is 0 Å². The largest absolute Gasteiger partial charge is 0.0683 e. The molecule has 1 fully saturated rings. The maximum Gasteiger partial charge on any atom is -0.0417 e. The fraction of sp³-hybridized carbons (Fsp3) is 1.00. The molecule has 0 aromatic rings. The summed E-state index contributed by atoms with van der Waals surface area (Å²) < 4.78 is 0. The maximum atomic E-state index is 2.33. The van der Waals surface area contributed by atoms with Crippen molar-refractivity contribution in [1.82, 2.24) is 0 Å². The number of hydrogen-bond donors (Lipinski definition) is 0. The van der Waals surface area contributed by atoms with Crippen molar-refractivity contribution in [1.29, 1.82) is 0 Å². The van der Waals surface area contributed by atoms with Gasteiger partial charge in [0.2, 0.25) is 0 Å². The zero-order valence-electron chi connectivity index (χ0n) is 12.1. The van der Waals surface area contributed by atoms with Gasteiger partial charge in [-0.3, -0.25) is 0 Å². The summed E-state index contributed by atoms with van der Waals surface area (Å²) in [5.41, 5.74) is 0. The monoisotopic (exact) mass is 214 g/mol. The lowest BCUT2D eigenvalue weighted by Crippen LogP contribution is -2.12. The molecule has 0 nitrogen and oxygen atoms in total. The molecule has 0 atom stereocenters.